The molecule has 0 aromatic rings. The Kier molecular flexibility index (Phi) is 6.75. The standard InChI is InChI=1S/C12H18F4O5S/c13-11(14,12(15,16)22(19)20)6-1-7-21-10(18)8-2-4-9(17)5-3-8/h8-9,17H,1-7H2,(H,19,20). The first-order valence-electron chi connectivity index (χ1n) is 6.79. The summed E-state index contributed by atoms with van der Waals surface area (Å²) < 4.78 is 75.0. The summed E-state index contributed by atoms with van der Waals surface area (Å²) in [6.45, 7) is -0.471. The molecular formula is C12H18F4O5S. The van der Waals surface area contributed by atoms with Crippen LogP contribution in [0.4, 0.5) is 17.6 Å². The van der Waals surface area contributed by atoms with Crippen molar-refractivity contribution in [2.24, 2.45) is 5.92 Å². The molecule has 1 aliphatic rings. The van der Waals surface area contributed by atoms with Gasteiger partial charge in [-0.05, 0) is 32.1 Å². The fourth-order valence-corrected chi connectivity index (χ4v) is 2.53. The molecule has 1 fully saturated rings. The number of hydrogen-bond donors (Lipinski definition) is 2. The van der Waals surface area contributed by atoms with Crippen LogP contribution in [0.25, 0.3) is 0 Å². The molecule has 0 aromatic carbocycles. The van der Waals surface area contributed by atoms with E-state index in [9.17, 15) is 31.7 Å². The van der Waals surface area contributed by atoms with Crippen LogP contribution in [-0.4, -0.2) is 43.7 Å². The first-order chi connectivity index (χ1) is 10.1. The number of esters is 1. The molecule has 0 amide bonds. The Morgan fingerprint density at radius 2 is 1.73 bits per heavy atom. The highest BCUT2D eigenvalue weighted by Crippen LogP contribution is 2.39. The molecule has 1 aliphatic carbocycles. The Morgan fingerprint density at radius 3 is 2.23 bits per heavy atom. The van der Waals surface area contributed by atoms with Crippen LogP contribution >= 0.6 is 0 Å². The van der Waals surface area contributed by atoms with E-state index in [-0.39, 0.29) is 0 Å². The van der Waals surface area contributed by atoms with E-state index in [4.69, 9.17) is 9.29 Å². The van der Waals surface area contributed by atoms with Crippen LogP contribution in [0, 0.1) is 5.92 Å². The Morgan fingerprint density at radius 1 is 1.18 bits per heavy atom. The van der Waals surface area contributed by atoms with Crippen molar-refractivity contribution in [2.75, 3.05) is 6.61 Å². The van der Waals surface area contributed by atoms with Gasteiger partial charge in [0, 0.05) is 6.42 Å². The van der Waals surface area contributed by atoms with Crippen molar-refractivity contribution in [3.05, 3.63) is 0 Å². The number of carbonyl (C=O) groups is 1. The first-order valence-corrected chi connectivity index (χ1v) is 7.90. The molecule has 0 spiro atoms. The van der Waals surface area contributed by atoms with Gasteiger partial charge in [-0.2, -0.15) is 17.6 Å². The highest BCUT2D eigenvalue weighted by atomic mass is 32.2. The third-order valence-electron chi connectivity index (χ3n) is 3.55. The molecule has 0 heterocycles. The number of aliphatic hydroxyl groups is 1. The predicted molar refractivity (Wildman–Crippen MR) is 68.8 cm³/mol. The van der Waals surface area contributed by atoms with Gasteiger partial charge in [-0.15, -0.1) is 0 Å². The van der Waals surface area contributed by atoms with Gasteiger partial charge in [-0.25, -0.2) is 4.21 Å². The summed E-state index contributed by atoms with van der Waals surface area (Å²) in [4.78, 5) is 11.6. The number of carbonyl (C=O) groups excluding carboxylic acids is 1. The van der Waals surface area contributed by atoms with Crippen molar-refractivity contribution in [3.8, 4) is 0 Å². The maximum Gasteiger partial charge on any atom is 0.406 e. The lowest BCUT2D eigenvalue weighted by Crippen LogP contribution is -2.44. The summed E-state index contributed by atoms with van der Waals surface area (Å²) in [5, 5.41) is 4.24. The average Bonchev–Trinajstić information content (AvgIpc) is 2.43. The minimum absolute atomic E-state index is 0.421. The van der Waals surface area contributed by atoms with E-state index in [2.05, 4.69) is 0 Å². The molecule has 0 aromatic heterocycles. The maximum absolute atomic E-state index is 13.1. The van der Waals surface area contributed by atoms with Crippen LogP contribution in [0.15, 0.2) is 0 Å². The van der Waals surface area contributed by atoms with Crippen molar-refractivity contribution in [1.82, 2.24) is 0 Å². The molecule has 1 unspecified atom stereocenters. The summed E-state index contributed by atoms with van der Waals surface area (Å²) in [6, 6.07) is 0. The second-order valence-electron chi connectivity index (χ2n) is 5.25. The van der Waals surface area contributed by atoms with Gasteiger partial charge in [0.2, 0.25) is 11.1 Å². The lowest BCUT2D eigenvalue weighted by atomic mass is 9.87. The molecule has 1 rings (SSSR count). The van der Waals surface area contributed by atoms with Crippen LogP contribution < -0.4 is 0 Å². The molecule has 1 saturated carbocycles. The maximum atomic E-state index is 13.1. The van der Waals surface area contributed by atoms with Gasteiger partial charge >= 0.3 is 17.1 Å². The third kappa shape index (κ3) is 4.88. The topological polar surface area (TPSA) is 83.8 Å². The van der Waals surface area contributed by atoms with Crippen LogP contribution in [0.3, 0.4) is 0 Å². The van der Waals surface area contributed by atoms with E-state index in [1.165, 1.54) is 0 Å². The zero-order valence-electron chi connectivity index (χ0n) is 11.6. The van der Waals surface area contributed by atoms with E-state index < -0.39 is 59.7 Å². The Balaban J connectivity index is 2.33. The molecule has 1 atom stereocenters. The normalized spacial score (nSPS) is 24.8. The largest absolute Gasteiger partial charge is 0.465 e. The van der Waals surface area contributed by atoms with Crippen LogP contribution in [0.5, 0.6) is 0 Å². The van der Waals surface area contributed by atoms with Crippen molar-refractivity contribution in [1.29, 1.82) is 0 Å². The summed E-state index contributed by atoms with van der Waals surface area (Å²) in [5.74, 6) is -5.68. The van der Waals surface area contributed by atoms with Crippen LogP contribution in [0.2, 0.25) is 0 Å². The smallest absolute Gasteiger partial charge is 0.406 e. The molecule has 0 saturated heterocycles. The zero-order valence-corrected chi connectivity index (χ0v) is 12.5. The summed E-state index contributed by atoms with van der Waals surface area (Å²) in [5.41, 5.74) is 0. The monoisotopic (exact) mass is 350 g/mol. The van der Waals surface area contributed by atoms with Gasteiger partial charge in [0.05, 0.1) is 18.6 Å². The fourth-order valence-electron chi connectivity index (χ4n) is 2.17. The SMILES string of the molecule is O=C(OCCCC(F)(F)C(F)(F)S(=O)O)C1CCC(O)CC1. The van der Waals surface area contributed by atoms with E-state index in [1.54, 1.807) is 0 Å². The summed E-state index contributed by atoms with van der Waals surface area (Å²) >= 11 is -3.98. The molecule has 5 nitrogen and oxygen atoms in total. The zero-order chi connectivity index (χ0) is 17.0. The highest BCUT2D eigenvalue weighted by Gasteiger charge is 2.60. The molecular weight excluding hydrogens is 332 g/mol. The second kappa shape index (κ2) is 7.69. The number of ether oxygens (including phenoxy) is 1. The minimum atomic E-state index is -5.05. The van der Waals surface area contributed by atoms with Crippen LogP contribution in [-0.2, 0) is 20.6 Å². The Bertz CT molecular complexity index is 410. The van der Waals surface area contributed by atoms with Gasteiger partial charge in [0.1, 0.15) is 0 Å². The average molecular weight is 350 g/mol. The number of halogens is 4. The van der Waals surface area contributed by atoms with Crippen LogP contribution in [0.1, 0.15) is 38.5 Å². The second-order valence-corrected chi connectivity index (χ2v) is 6.26. The van der Waals surface area contributed by atoms with E-state index in [1.807, 2.05) is 0 Å². The van der Waals surface area contributed by atoms with Crippen molar-refractivity contribution < 1.29 is 41.0 Å². The molecule has 2 N–H and O–H groups in total. The third-order valence-corrected chi connectivity index (χ3v) is 4.29. The van der Waals surface area contributed by atoms with Crippen molar-refractivity contribution in [2.45, 2.75) is 55.8 Å². The Labute approximate surface area is 127 Å². The number of alkyl halides is 4. The van der Waals surface area contributed by atoms with Gasteiger partial charge in [0.15, 0.2) is 0 Å². The molecule has 22 heavy (non-hydrogen) atoms. The molecule has 0 aliphatic heterocycles. The minimum Gasteiger partial charge on any atom is -0.465 e. The first kappa shape index (κ1) is 19.3. The molecule has 0 radical (unpaired) electrons. The van der Waals surface area contributed by atoms with E-state index in [0.717, 1.165) is 0 Å². The number of aliphatic hydroxyl groups excluding tert-OH is 1. The Hall–Kier alpha value is -0.740. The lowest BCUT2D eigenvalue weighted by Gasteiger charge is -2.24. The lowest BCUT2D eigenvalue weighted by molar-refractivity contribution is -0.166. The predicted octanol–water partition coefficient (Wildman–Crippen LogP) is 2.31. The highest BCUT2D eigenvalue weighted by molar-refractivity contribution is 7.80. The molecule has 10 heteroatoms. The summed E-state index contributed by atoms with van der Waals surface area (Å²) in [6.07, 6.45) is -0.623. The number of hydrogen-bond acceptors (Lipinski definition) is 4. The van der Waals surface area contributed by atoms with Gasteiger partial charge in [0.25, 0.3) is 0 Å². The quantitative estimate of drug-likeness (QED) is 0.319. The molecule has 0 bridgehead atoms. The number of rotatable bonds is 7. The fraction of sp³-hybridized carbons (Fsp3) is 0.917. The van der Waals surface area contributed by atoms with E-state index in [0.29, 0.717) is 25.7 Å². The van der Waals surface area contributed by atoms with Crippen molar-refractivity contribution in [3.63, 3.8) is 0 Å². The summed E-state index contributed by atoms with van der Waals surface area (Å²) in [7, 11) is 0. The van der Waals surface area contributed by atoms with Gasteiger partial charge < -0.3 is 14.4 Å². The van der Waals surface area contributed by atoms with Gasteiger partial charge in [-0.3, -0.25) is 4.79 Å². The molecule has 130 valence electrons. The van der Waals surface area contributed by atoms with E-state index >= 15 is 0 Å². The van der Waals surface area contributed by atoms with Gasteiger partial charge in [-0.1, -0.05) is 0 Å². The van der Waals surface area contributed by atoms with Crippen molar-refractivity contribution >= 4 is 17.0 Å².